The van der Waals surface area contributed by atoms with Crippen molar-refractivity contribution < 1.29 is 9.53 Å². The fourth-order valence-corrected chi connectivity index (χ4v) is 2.52. The Hall–Kier alpha value is -3.27. The largest absolute Gasteiger partial charge is 0.497 e. The number of carbonyl (C=O) groups excluding carboxylic acids is 1. The molecule has 3 aromatic carbocycles. The van der Waals surface area contributed by atoms with Crippen LogP contribution in [0.1, 0.15) is 5.56 Å². The summed E-state index contributed by atoms with van der Waals surface area (Å²) in [7, 11) is 1.62. The van der Waals surface area contributed by atoms with Gasteiger partial charge in [0.2, 0.25) is 0 Å². The van der Waals surface area contributed by atoms with Crippen LogP contribution >= 0.6 is 0 Å². The number of urea groups is 1. The Labute approximate surface area is 147 Å². The smallest absolute Gasteiger partial charge is 0.326 e. The first-order valence-electron chi connectivity index (χ1n) is 8.08. The Kier molecular flexibility index (Phi) is 5.32. The van der Waals surface area contributed by atoms with Gasteiger partial charge in [-0.3, -0.25) is 4.90 Å². The summed E-state index contributed by atoms with van der Waals surface area (Å²) in [5, 5.41) is 2.94. The Morgan fingerprint density at radius 1 is 0.880 bits per heavy atom. The van der Waals surface area contributed by atoms with Gasteiger partial charge in [-0.2, -0.15) is 0 Å². The van der Waals surface area contributed by atoms with Crippen LogP contribution in [0.5, 0.6) is 5.75 Å². The van der Waals surface area contributed by atoms with Crippen LogP contribution in [0.3, 0.4) is 0 Å². The Morgan fingerprint density at radius 3 is 2.08 bits per heavy atom. The molecule has 0 unspecified atom stereocenters. The second-order valence-electron chi connectivity index (χ2n) is 5.57. The third-order valence-corrected chi connectivity index (χ3v) is 3.84. The van der Waals surface area contributed by atoms with Gasteiger partial charge in [-0.1, -0.05) is 48.5 Å². The van der Waals surface area contributed by atoms with E-state index in [-0.39, 0.29) is 6.03 Å². The lowest BCUT2D eigenvalue weighted by Gasteiger charge is -2.23. The number of para-hydroxylation sites is 1. The second-order valence-corrected chi connectivity index (χ2v) is 5.57. The molecule has 0 heterocycles. The summed E-state index contributed by atoms with van der Waals surface area (Å²) in [6, 6.07) is 26.7. The van der Waals surface area contributed by atoms with E-state index in [2.05, 4.69) is 5.32 Å². The number of hydrogen-bond donors (Lipinski definition) is 1. The highest BCUT2D eigenvalue weighted by molar-refractivity contribution is 6.01. The molecule has 25 heavy (non-hydrogen) atoms. The molecule has 0 spiro atoms. The van der Waals surface area contributed by atoms with E-state index in [1.165, 1.54) is 0 Å². The maximum atomic E-state index is 12.9. The van der Waals surface area contributed by atoms with E-state index in [9.17, 15) is 4.79 Å². The normalized spacial score (nSPS) is 10.1. The molecular weight excluding hydrogens is 312 g/mol. The summed E-state index contributed by atoms with van der Waals surface area (Å²) < 4.78 is 5.15. The van der Waals surface area contributed by atoms with Gasteiger partial charge in [0.05, 0.1) is 13.7 Å². The summed E-state index contributed by atoms with van der Waals surface area (Å²) >= 11 is 0. The molecule has 0 saturated heterocycles. The zero-order chi connectivity index (χ0) is 17.5. The average Bonchev–Trinajstić information content (AvgIpc) is 2.68. The molecular formula is C21H20N2O2. The van der Waals surface area contributed by atoms with Crippen molar-refractivity contribution >= 4 is 17.4 Å². The number of nitrogens with zero attached hydrogens (tertiary/aromatic N) is 1. The highest BCUT2D eigenvalue weighted by atomic mass is 16.5. The van der Waals surface area contributed by atoms with Crippen LogP contribution in [0.4, 0.5) is 16.2 Å². The van der Waals surface area contributed by atoms with Crippen molar-refractivity contribution in [2.75, 3.05) is 17.3 Å². The highest BCUT2D eigenvalue weighted by Crippen LogP contribution is 2.20. The quantitative estimate of drug-likeness (QED) is 0.719. The van der Waals surface area contributed by atoms with Crippen LogP contribution < -0.4 is 15.0 Å². The van der Waals surface area contributed by atoms with E-state index in [0.29, 0.717) is 6.54 Å². The van der Waals surface area contributed by atoms with Crippen LogP contribution in [-0.2, 0) is 6.54 Å². The van der Waals surface area contributed by atoms with Gasteiger partial charge < -0.3 is 10.1 Å². The van der Waals surface area contributed by atoms with Gasteiger partial charge in [0.1, 0.15) is 5.75 Å². The molecule has 0 aliphatic heterocycles. The molecule has 0 aliphatic rings. The van der Waals surface area contributed by atoms with Crippen molar-refractivity contribution in [1.29, 1.82) is 0 Å². The fourth-order valence-electron chi connectivity index (χ4n) is 2.52. The number of hydrogen-bond acceptors (Lipinski definition) is 2. The molecule has 0 fully saturated rings. The minimum absolute atomic E-state index is 0.180. The van der Waals surface area contributed by atoms with Gasteiger partial charge in [-0.25, -0.2) is 4.79 Å². The number of nitrogens with one attached hydrogen (secondary N) is 1. The summed E-state index contributed by atoms with van der Waals surface area (Å²) in [5.74, 6) is 0.752. The summed E-state index contributed by atoms with van der Waals surface area (Å²) in [4.78, 5) is 14.6. The second kappa shape index (κ2) is 8.02. The lowest BCUT2D eigenvalue weighted by atomic mass is 10.2. The van der Waals surface area contributed by atoms with E-state index < -0.39 is 0 Å². The first kappa shape index (κ1) is 16.6. The van der Waals surface area contributed by atoms with Crippen LogP contribution in [0.2, 0.25) is 0 Å². The molecule has 0 bridgehead atoms. The summed E-state index contributed by atoms with van der Waals surface area (Å²) in [6.07, 6.45) is 0. The Morgan fingerprint density at radius 2 is 1.48 bits per heavy atom. The molecule has 126 valence electrons. The van der Waals surface area contributed by atoms with Crippen molar-refractivity contribution in [2.45, 2.75) is 6.54 Å². The van der Waals surface area contributed by atoms with Crippen LogP contribution in [0, 0.1) is 0 Å². The number of benzene rings is 3. The number of anilines is 2. The number of ether oxygens (including phenoxy) is 1. The van der Waals surface area contributed by atoms with Gasteiger partial charge >= 0.3 is 6.03 Å². The highest BCUT2D eigenvalue weighted by Gasteiger charge is 2.16. The topological polar surface area (TPSA) is 41.6 Å². The number of methoxy groups -OCH3 is 1. The van der Waals surface area contributed by atoms with E-state index in [4.69, 9.17) is 4.74 Å². The lowest BCUT2D eigenvalue weighted by molar-refractivity contribution is 0.256. The van der Waals surface area contributed by atoms with E-state index >= 15 is 0 Å². The third kappa shape index (κ3) is 4.38. The number of carbonyl (C=O) groups is 1. The van der Waals surface area contributed by atoms with Crippen molar-refractivity contribution in [3.05, 3.63) is 90.5 Å². The molecule has 4 nitrogen and oxygen atoms in total. The summed E-state index contributed by atoms with van der Waals surface area (Å²) in [5.41, 5.74) is 2.63. The lowest BCUT2D eigenvalue weighted by Crippen LogP contribution is -2.34. The average molecular weight is 332 g/mol. The molecule has 0 radical (unpaired) electrons. The minimum Gasteiger partial charge on any atom is -0.497 e. The maximum Gasteiger partial charge on any atom is 0.326 e. The van der Waals surface area contributed by atoms with Gasteiger partial charge in [-0.15, -0.1) is 0 Å². The maximum absolute atomic E-state index is 12.9. The standard InChI is InChI=1S/C21H20N2O2/c1-25-20-14-12-18(13-15-20)22-21(24)23(19-10-6-3-7-11-19)16-17-8-4-2-5-9-17/h2-15H,16H2,1H3,(H,22,24). The number of amides is 2. The first-order valence-corrected chi connectivity index (χ1v) is 8.08. The molecule has 4 heteroatoms. The molecule has 1 N–H and O–H groups in total. The van der Waals surface area contributed by atoms with Crippen molar-refractivity contribution in [2.24, 2.45) is 0 Å². The van der Waals surface area contributed by atoms with Crippen molar-refractivity contribution in [1.82, 2.24) is 0 Å². The van der Waals surface area contributed by atoms with Crippen molar-refractivity contribution in [3.8, 4) is 5.75 Å². The van der Waals surface area contributed by atoms with Crippen LogP contribution in [-0.4, -0.2) is 13.1 Å². The molecule has 0 atom stereocenters. The molecule has 0 aromatic heterocycles. The number of rotatable bonds is 5. The van der Waals surface area contributed by atoms with Crippen LogP contribution in [0.15, 0.2) is 84.9 Å². The SMILES string of the molecule is COc1ccc(NC(=O)N(Cc2ccccc2)c2ccccc2)cc1. The van der Waals surface area contributed by atoms with Gasteiger partial charge in [0.25, 0.3) is 0 Å². The third-order valence-electron chi connectivity index (χ3n) is 3.84. The molecule has 2 amide bonds. The minimum atomic E-state index is -0.180. The zero-order valence-corrected chi connectivity index (χ0v) is 14.1. The van der Waals surface area contributed by atoms with Crippen LogP contribution in [0.25, 0.3) is 0 Å². The van der Waals surface area contributed by atoms with Crippen molar-refractivity contribution in [3.63, 3.8) is 0 Å². The Bertz CT molecular complexity index is 802. The first-order chi connectivity index (χ1) is 12.3. The Balaban J connectivity index is 1.81. The molecule has 3 rings (SSSR count). The molecule has 3 aromatic rings. The molecule has 0 saturated carbocycles. The molecule has 0 aliphatic carbocycles. The summed E-state index contributed by atoms with van der Waals surface area (Å²) in [6.45, 7) is 0.493. The van der Waals surface area contributed by atoms with E-state index in [0.717, 1.165) is 22.7 Å². The van der Waals surface area contributed by atoms with E-state index in [1.54, 1.807) is 12.0 Å². The zero-order valence-electron chi connectivity index (χ0n) is 14.1. The van der Waals surface area contributed by atoms with Gasteiger partial charge in [0, 0.05) is 11.4 Å². The predicted octanol–water partition coefficient (Wildman–Crippen LogP) is 4.93. The van der Waals surface area contributed by atoms with Gasteiger partial charge in [0.15, 0.2) is 0 Å². The fraction of sp³-hybridized carbons (Fsp3) is 0.0952. The predicted molar refractivity (Wildman–Crippen MR) is 101 cm³/mol. The van der Waals surface area contributed by atoms with E-state index in [1.807, 2.05) is 84.9 Å². The van der Waals surface area contributed by atoms with Gasteiger partial charge in [-0.05, 0) is 42.0 Å². The monoisotopic (exact) mass is 332 g/mol.